The molecular weight excluding hydrogens is 302 g/mol. The SMILES string of the molecule is C=CCOc1cccc(/C=C2\N=C(c3ccccc3C)OC2=O)c1. The van der Waals surface area contributed by atoms with E-state index < -0.39 is 5.97 Å². The van der Waals surface area contributed by atoms with Crippen LogP contribution in [0.3, 0.4) is 0 Å². The van der Waals surface area contributed by atoms with Crippen molar-refractivity contribution < 1.29 is 14.3 Å². The lowest BCUT2D eigenvalue weighted by molar-refractivity contribution is -0.129. The molecule has 0 radical (unpaired) electrons. The summed E-state index contributed by atoms with van der Waals surface area (Å²) in [6.45, 7) is 6.00. The second kappa shape index (κ2) is 6.96. The van der Waals surface area contributed by atoms with Gasteiger partial charge in [0.2, 0.25) is 5.90 Å². The van der Waals surface area contributed by atoms with Gasteiger partial charge < -0.3 is 9.47 Å². The predicted molar refractivity (Wildman–Crippen MR) is 93.9 cm³/mol. The van der Waals surface area contributed by atoms with Crippen LogP contribution in [0.5, 0.6) is 5.75 Å². The first kappa shape index (κ1) is 15.7. The van der Waals surface area contributed by atoms with E-state index >= 15 is 0 Å². The molecule has 0 saturated heterocycles. The van der Waals surface area contributed by atoms with Crippen LogP contribution in [0.1, 0.15) is 16.7 Å². The van der Waals surface area contributed by atoms with Crippen LogP contribution in [0.25, 0.3) is 6.08 Å². The van der Waals surface area contributed by atoms with Crippen molar-refractivity contribution in [3.05, 3.63) is 83.6 Å². The third-order valence-electron chi connectivity index (χ3n) is 3.53. The Bertz CT molecular complexity index is 849. The molecule has 2 aromatic rings. The van der Waals surface area contributed by atoms with Crippen molar-refractivity contribution in [2.75, 3.05) is 6.61 Å². The van der Waals surface area contributed by atoms with Gasteiger partial charge in [-0.1, -0.05) is 43.0 Å². The molecule has 0 N–H and O–H groups in total. The Morgan fingerprint density at radius 2 is 2.04 bits per heavy atom. The summed E-state index contributed by atoms with van der Waals surface area (Å²) in [5, 5.41) is 0. The summed E-state index contributed by atoms with van der Waals surface area (Å²) < 4.78 is 10.8. The van der Waals surface area contributed by atoms with Crippen molar-refractivity contribution in [2.24, 2.45) is 4.99 Å². The Hall–Kier alpha value is -3.14. The maximum absolute atomic E-state index is 12.1. The van der Waals surface area contributed by atoms with Crippen LogP contribution < -0.4 is 4.74 Å². The summed E-state index contributed by atoms with van der Waals surface area (Å²) in [7, 11) is 0. The molecule has 1 heterocycles. The van der Waals surface area contributed by atoms with Gasteiger partial charge in [0, 0.05) is 5.56 Å². The molecule has 24 heavy (non-hydrogen) atoms. The molecule has 1 aliphatic heterocycles. The molecule has 0 atom stereocenters. The van der Waals surface area contributed by atoms with E-state index in [4.69, 9.17) is 9.47 Å². The number of nitrogens with zero attached hydrogens (tertiary/aromatic N) is 1. The fourth-order valence-corrected chi connectivity index (χ4v) is 2.34. The predicted octanol–water partition coefficient (Wildman–Crippen LogP) is 3.90. The molecule has 4 heteroatoms. The maximum atomic E-state index is 12.1. The van der Waals surface area contributed by atoms with Gasteiger partial charge in [-0.15, -0.1) is 0 Å². The lowest BCUT2D eigenvalue weighted by Crippen LogP contribution is -2.06. The number of benzene rings is 2. The number of carbonyl (C=O) groups is 1. The number of aliphatic imine (C=N–C) groups is 1. The fourth-order valence-electron chi connectivity index (χ4n) is 2.34. The van der Waals surface area contributed by atoms with Crippen LogP contribution >= 0.6 is 0 Å². The highest BCUT2D eigenvalue weighted by molar-refractivity contribution is 6.13. The first-order valence-electron chi connectivity index (χ1n) is 7.59. The summed E-state index contributed by atoms with van der Waals surface area (Å²) in [6, 6.07) is 15.1. The molecule has 120 valence electrons. The lowest BCUT2D eigenvalue weighted by Gasteiger charge is -2.03. The largest absolute Gasteiger partial charge is 0.490 e. The zero-order valence-electron chi connectivity index (χ0n) is 13.4. The first-order chi connectivity index (χ1) is 11.7. The number of aryl methyl sites for hydroxylation is 1. The van der Waals surface area contributed by atoms with Crippen LogP contribution in [0.15, 0.2) is 71.9 Å². The van der Waals surface area contributed by atoms with E-state index in [1.54, 1.807) is 12.2 Å². The molecule has 0 amide bonds. The van der Waals surface area contributed by atoms with Crippen molar-refractivity contribution >= 4 is 17.9 Å². The van der Waals surface area contributed by atoms with Crippen molar-refractivity contribution in [2.45, 2.75) is 6.92 Å². The summed E-state index contributed by atoms with van der Waals surface area (Å²) in [4.78, 5) is 16.4. The van der Waals surface area contributed by atoms with Crippen LogP contribution in [-0.4, -0.2) is 18.5 Å². The van der Waals surface area contributed by atoms with Gasteiger partial charge in [0.25, 0.3) is 0 Å². The quantitative estimate of drug-likeness (QED) is 0.477. The molecule has 3 rings (SSSR count). The van der Waals surface area contributed by atoms with Crippen molar-refractivity contribution in [3.8, 4) is 5.75 Å². The molecule has 0 saturated carbocycles. The number of hydrogen-bond donors (Lipinski definition) is 0. The normalized spacial score (nSPS) is 15.1. The monoisotopic (exact) mass is 319 g/mol. The Labute approximate surface area is 140 Å². The number of ether oxygens (including phenoxy) is 2. The van der Waals surface area contributed by atoms with Gasteiger partial charge >= 0.3 is 5.97 Å². The Morgan fingerprint density at radius 3 is 2.83 bits per heavy atom. The lowest BCUT2D eigenvalue weighted by atomic mass is 10.1. The third kappa shape index (κ3) is 3.43. The van der Waals surface area contributed by atoms with Crippen LogP contribution in [-0.2, 0) is 9.53 Å². The molecular formula is C20H17NO3. The number of rotatable bonds is 5. The minimum atomic E-state index is -0.453. The van der Waals surface area contributed by atoms with Crippen molar-refractivity contribution in [1.29, 1.82) is 0 Å². The summed E-state index contributed by atoms with van der Waals surface area (Å²) >= 11 is 0. The minimum Gasteiger partial charge on any atom is -0.490 e. The second-order valence-electron chi connectivity index (χ2n) is 5.32. The third-order valence-corrected chi connectivity index (χ3v) is 3.53. The summed E-state index contributed by atoms with van der Waals surface area (Å²) in [5.41, 5.74) is 2.91. The molecule has 0 bridgehead atoms. The number of cyclic esters (lactones) is 1. The highest BCUT2D eigenvalue weighted by Crippen LogP contribution is 2.22. The van der Waals surface area contributed by atoms with Crippen LogP contribution in [0.4, 0.5) is 0 Å². The molecule has 0 aromatic heterocycles. The van der Waals surface area contributed by atoms with Crippen molar-refractivity contribution in [1.82, 2.24) is 0 Å². The van der Waals surface area contributed by atoms with Gasteiger partial charge in [0.15, 0.2) is 5.70 Å². The molecule has 2 aromatic carbocycles. The average Bonchev–Trinajstić information content (AvgIpc) is 2.94. The topological polar surface area (TPSA) is 47.9 Å². The number of hydrogen-bond acceptors (Lipinski definition) is 4. The van der Waals surface area contributed by atoms with Gasteiger partial charge in [-0.2, -0.15) is 0 Å². The van der Waals surface area contributed by atoms with Gasteiger partial charge in [-0.3, -0.25) is 0 Å². The number of esters is 1. The minimum absolute atomic E-state index is 0.272. The second-order valence-corrected chi connectivity index (χ2v) is 5.32. The van der Waals surface area contributed by atoms with E-state index in [1.165, 1.54) is 0 Å². The van der Waals surface area contributed by atoms with Crippen LogP contribution in [0, 0.1) is 6.92 Å². The van der Waals surface area contributed by atoms with E-state index in [2.05, 4.69) is 11.6 Å². The van der Waals surface area contributed by atoms with E-state index in [0.29, 0.717) is 18.3 Å². The summed E-state index contributed by atoms with van der Waals surface area (Å²) in [5.74, 6) is 0.591. The first-order valence-corrected chi connectivity index (χ1v) is 7.59. The number of carbonyl (C=O) groups excluding carboxylic acids is 1. The van der Waals surface area contributed by atoms with Crippen molar-refractivity contribution in [3.63, 3.8) is 0 Å². The fraction of sp³-hybridized carbons (Fsp3) is 0.100. The van der Waals surface area contributed by atoms with Crippen LogP contribution in [0.2, 0.25) is 0 Å². The standard InChI is InChI=1S/C20H17NO3/c1-3-11-23-16-9-6-8-15(12-16)13-18-20(22)24-19(21-18)17-10-5-4-7-14(17)2/h3-10,12-13H,1,11H2,2H3/b18-13-. The average molecular weight is 319 g/mol. The van der Waals surface area contributed by atoms with E-state index in [0.717, 1.165) is 16.7 Å². The van der Waals surface area contributed by atoms with E-state index in [9.17, 15) is 4.79 Å². The Balaban J connectivity index is 1.89. The smallest absolute Gasteiger partial charge is 0.363 e. The molecule has 0 aliphatic carbocycles. The van der Waals surface area contributed by atoms with E-state index in [1.807, 2.05) is 55.5 Å². The Kier molecular flexibility index (Phi) is 4.57. The molecule has 4 nitrogen and oxygen atoms in total. The molecule has 0 spiro atoms. The van der Waals surface area contributed by atoms with Gasteiger partial charge in [-0.25, -0.2) is 9.79 Å². The molecule has 1 aliphatic rings. The molecule has 0 fully saturated rings. The zero-order chi connectivity index (χ0) is 16.9. The van der Waals surface area contributed by atoms with Gasteiger partial charge in [0.05, 0.1) is 0 Å². The van der Waals surface area contributed by atoms with Gasteiger partial charge in [0.1, 0.15) is 12.4 Å². The maximum Gasteiger partial charge on any atom is 0.363 e. The summed E-state index contributed by atoms with van der Waals surface area (Å²) in [6.07, 6.45) is 3.37. The van der Waals surface area contributed by atoms with E-state index in [-0.39, 0.29) is 5.70 Å². The molecule has 0 unspecified atom stereocenters. The highest BCUT2D eigenvalue weighted by atomic mass is 16.6. The Morgan fingerprint density at radius 1 is 1.21 bits per heavy atom. The zero-order valence-corrected chi connectivity index (χ0v) is 13.4. The van der Waals surface area contributed by atoms with Gasteiger partial charge in [-0.05, 0) is 42.3 Å². The highest BCUT2D eigenvalue weighted by Gasteiger charge is 2.24.